The molecule has 0 atom stereocenters. The predicted octanol–water partition coefficient (Wildman–Crippen LogP) is 4.72. The second-order valence-electron chi connectivity index (χ2n) is 5.07. The molecule has 5 nitrogen and oxygen atoms in total. The van der Waals surface area contributed by atoms with Gasteiger partial charge in [-0.05, 0) is 42.5 Å². The minimum atomic E-state index is -0.585. The van der Waals surface area contributed by atoms with Crippen LogP contribution in [0.25, 0.3) is 11.3 Å². The molecule has 0 saturated heterocycles. The molecule has 0 radical (unpaired) electrons. The average Bonchev–Trinajstić information content (AvgIpc) is 3.06. The van der Waals surface area contributed by atoms with E-state index >= 15 is 0 Å². The lowest BCUT2D eigenvalue weighted by Gasteiger charge is -2.02. The van der Waals surface area contributed by atoms with Crippen LogP contribution in [0.15, 0.2) is 64.1 Å². The van der Waals surface area contributed by atoms with Gasteiger partial charge in [-0.3, -0.25) is 4.79 Å². The van der Waals surface area contributed by atoms with E-state index in [0.29, 0.717) is 21.6 Å². The number of rotatable bonds is 4. The molecular formula is C18H12Cl2N2O3. The summed E-state index contributed by atoms with van der Waals surface area (Å²) in [4.78, 5) is 12.0. The maximum atomic E-state index is 12.0. The van der Waals surface area contributed by atoms with E-state index in [9.17, 15) is 9.90 Å². The minimum absolute atomic E-state index is 0.0312. The topological polar surface area (TPSA) is 74.8 Å². The summed E-state index contributed by atoms with van der Waals surface area (Å²) in [6, 6.07) is 14.9. The zero-order valence-corrected chi connectivity index (χ0v) is 14.3. The molecule has 0 fully saturated rings. The largest absolute Gasteiger partial charge is 0.507 e. The Labute approximate surface area is 153 Å². The van der Waals surface area contributed by atoms with Gasteiger partial charge in [0.05, 0.1) is 11.8 Å². The fourth-order valence-electron chi connectivity index (χ4n) is 2.12. The van der Waals surface area contributed by atoms with Crippen LogP contribution in [0.5, 0.6) is 5.75 Å². The highest BCUT2D eigenvalue weighted by atomic mass is 35.5. The smallest absolute Gasteiger partial charge is 0.275 e. The number of hydrogen-bond acceptors (Lipinski definition) is 4. The lowest BCUT2D eigenvalue weighted by molar-refractivity contribution is 0.0952. The highest BCUT2D eigenvalue weighted by Crippen LogP contribution is 2.24. The Morgan fingerprint density at radius 3 is 2.68 bits per heavy atom. The second-order valence-corrected chi connectivity index (χ2v) is 5.95. The van der Waals surface area contributed by atoms with E-state index < -0.39 is 5.91 Å². The Morgan fingerprint density at radius 1 is 1.08 bits per heavy atom. The van der Waals surface area contributed by atoms with Crippen molar-refractivity contribution >= 4 is 35.3 Å². The number of halogens is 2. The van der Waals surface area contributed by atoms with E-state index in [2.05, 4.69) is 10.5 Å². The van der Waals surface area contributed by atoms with Crippen LogP contribution in [0.4, 0.5) is 0 Å². The summed E-state index contributed by atoms with van der Waals surface area (Å²) < 4.78 is 5.63. The van der Waals surface area contributed by atoms with Gasteiger partial charge in [0.15, 0.2) is 0 Å². The predicted molar refractivity (Wildman–Crippen MR) is 97.3 cm³/mol. The van der Waals surface area contributed by atoms with Gasteiger partial charge in [-0.1, -0.05) is 35.3 Å². The molecule has 0 bridgehead atoms. The molecule has 2 aromatic carbocycles. The van der Waals surface area contributed by atoms with Crippen molar-refractivity contribution in [3.63, 3.8) is 0 Å². The van der Waals surface area contributed by atoms with Gasteiger partial charge in [0.25, 0.3) is 5.91 Å². The number of hydrazone groups is 1. The molecule has 1 amide bonds. The number of carbonyl (C=O) groups is 1. The number of hydrogen-bond donors (Lipinski definition) is 2. The summed E-state index contributed by atoms with van der Waals surface area (Å²) in [6.45, 7) is 0. The van der Waals surface area contributed by atoms with Gasteiger partial charge >= 0.3 is 0 Å². The number of carbonyl (C=O) groups excluding carboxylic acids is 1. The first-order valence-electron chi connectivity index (χ1n) is 7.20. The standard InChI is InChI=1S/C18H12Cl2N2O3/c19-12-3-1-2-11(8-12)17-7-5-14(25-17)10-21-22-18(24)15-9-13(20)4-6-16(15)23/h1-10,23H,(H,22,24). The number of nitrogens with zero attached hydrogens (tertiary/aromatic N) is 1. The summed E-state index contributed by atoms with van der Waals surface area (Å²) in [5.74, 6) is 0.310. The number of benzene rings is 2. The van der Waals surface area contributed by atoms with Crippen molar-refractivity contribution in [1.29, 1.82) is 0 Å². The molecule has 0 unspecified atom stereocenters. The van der Waals surface area contributed by atoms with Crippen LogP contribution < -0.4 is 5.43 Å². The van der Waals surface area contributed by atoms with Crippen LogP contribution in [0, 0.1) is 0 Å². The first-order chi connectivity index (χ1) is 12.0. The van der Waals surface area contributed by atoms with Crippen molar-refractivity contribution in [2.45, 2.75) is 0 Å². The normalized spacial score (nSPS) is 11.0. The lowest BCUT2D eigenvalue weighted by Crippen LogP contribution is -2.17. The molecule has 3 rings (SSSR count). The number of phenolic OH excluding ortho intramolecular Hbond substituents is 1. The van der Waals surface area contributed by atoms with Gasteiger partial charge in [0, 0.05) is 15.6 Å². The van der Waals surface area contributed by atoms with Crippen LogP contribution in [0.1, 0.15) is 16.1 Å². The van der Waals surface area contributed by atoms with E-state index in [1.807, 2.05) is 12.1 Å². The van der Waals surface area contributed by atoms with Crippen molar-refractivity contribution in [1.82, 2.24) is 5.43 Å². The molecule has 2 N–H and O–H groups in total. The minimum Gasteiger partial charge on any atom is -0.507 e. The summed E-state index contributed by atoms with van der Waals surface area (Å²) >= 11 is 11.8. The monoisotopic (exact) mass is 374 g/mol. The number of furan rings is 1. The van der Waals surface area contributed by atoms with Crippen LogP contribution in [-0.4, -0.2) is 17.2 Å². The number of aromatic hydroxyl groups is 1. The molecule has 25 heavy (non-hydrogen) atoms. The highest BCUT2D eigenvalue weighted by molar-refractivity contribution is 6.31. The average molecular weight is 375 g/mol. The van der Waals surface area contributed by atoms with Crippen molar-refractivity contribution in [2.75, 3.05) is 0 Å². The Morgan fingerprint density at radius 2 is 1.88 bits per heavy atom. The van der Waals surface area contributed by atoms with Crippen molar-refractivity contribution in [3.8, 4) is 17.1 Å². The van der Waals surface area contributed by atoms with E-state index in [4.69, 9.17) is 27.6 Å². The van der Waals surface area contributed by atoms with Crippen molar-refractivity contribution in [3.05, 3.63) is 76.0 Å². The molecule has 3 aromatic rings. The fourth-order valence-corrected chi connectivity index (χ4v) is 2.49. The van der Waals surface area contributed by atoms with Gasteiger partial charge < -0.3 is 9.52 Å². The Hall–Kier alpha value is -2.76. The Bertz CT molecular complexity index is 951. The molecule has 0 spiro atoms. The molecule has 0 aliphatic carbocycles. The molecular weight excluding hydrogens is 363 g/mol. The van der Waals surface area contributed by atoms with E-state index in [0.717, 1.165) is 5.56 Å². The number of nitrogens with one attached hydrogen (secondary N) is 1. The zero-order chi connectivity index (χ0) is 17.8. The van der Waals surface area contributed by atoms with E-state index in [1.54, 1.807) is 24.3 Å². The van der Waals surface area contributed by atoms with Crippen LogP contribution in [0.2, 0.25) is 10.0 Å². The summed E-state index contributed by atoms with van der Waals surface area (Å²) in [5, 5.41) is 14.4. The lowest BCUT2D eigenvalue weighted by atomic mass is 10.2. The van der Waals surface area contributed by atoms with Gasteiger partial charge in [-0.2, -0.15) is 5.10 Å². The van der Waals surface area contributed by atoms with Gasteiger partial charge in [-0.25, -0.2) is 5.43 Å². The quantitative estimate of drug-likeness (QED) is 0.512. The molecule has 0 aliphatic heterocycles. The maximum Gasteiger partial charge on any atom is 0.275 e. The summed E-state index contributed by atoms with van der Waals surface area (Å²) in [6.07, 6.45) is 1.35. The second kappa shape index (κ2) is 7.42. The summed E-state index contributed by atoms with van der Waals surface area (Å²) in [5.41, 5.74) is 3.17. The van der Waals surface area contributed by atoms with Crippen LogP contribution >= 0.6 is 23.2 Å². The Kier molecular flexibility index (Phi) is 5.07. The van der Waals surface area contributed by atoms with E-state index in [1.165, 1.54) is 24.4 Å². The SMILES string of the molecule is O=C(NN=Cc1ccc(-c2cccc(Cl)c2)o1)c1cc(Cl)ccc1O. The Balaban J connectivity index is 1.69. The summed E-state index contributed by atoms with van der Waals surface area (Å²) in [7, 11) is 0. The molecule has 1 aromatic heterocycles. The van der Waals surface area contributed by atoms with Gasteiger partial charge in [-0.15, -0.1) is 0 Å². The fraction of sp³-hybridized carbons (Fsp3) is 0. The van der Waals surface area contributed by atoms with Crippen LogP contribution in [0.3, 0.4) is 0 Å². The maximum absolute atomic E-state index is 12.0. The molecule has 0 aliphatic rings. The third kappa shape index (κ3) is 4.21. The molecule has 0 saturated carbocycles. The van der Waals surface area contributed by atoms with Crippen LogP contribution in [-0.2, 0) is 0 Å². The number of amides is 1. The van der Waals surface area contributed by atoms with Gasteiger partial charge in [0.1, 0.15) is 17.3 Å². The highest BCUT2D eigenvalue weighted by Gasteiger charge is 2.11. The van der Waals surface area contributed by atoms with Gasteiger partial charge in [0.2, 0.25) is 0 Å². The molecule has 1 heterocycles. The van der Waals surface area contributed by atoms with Crippen molar-refractivity contribution < 1.29 is 14.3 Å². The zero-order valence-electron chi connectivity index (χ0n) is 12.7. The molecule has 7 heteroatoms. The first-order valence-corrected chi connectivity index (χ1v) is 7.96. The molecule has 126 valence electrons. The third-order valence-electron chi connectivity index (χ3n) is 3.30. The third-order valence-corrected chi connectivity index (χ3v) is 3.77. The van der Waals surface area contributed by atoms with E-state index in [-0.39, 0.29) is 11.3 Å². The van der Waals surface area contributed by atoms with Crippen molar-refractivity contribution in [2.24, 2.45) is 5.10 Å². The number of phenols is 1. The first kappa shape index (κ1) is 17.1.